The maximum absolute atomic E-state index is 13.4. The minimum Gasteiger partial charge on any atom is -0.393 e. The number of hydrogen-bond donors (Lipinski definition) is 2. The van der Waals surface area contributed by atoms with Crippen molar-refractivity contribution in [3.63, 3.8) is 0 Å². The Morgan fingerprint density at radius 1 is 1.12 bits per heavy atom. The van der Waals surface area contributed by atoms with Crippen LogP contribution in [0.5, 0.6) is 0 Å². The van der Waals surface area contributed by atoms with Gasteiger partial charge in [-0.3, -0.25) is 5.10 Å². The van der Waals surface area contributed by atoms with Crippen LogP contribution in [0, 0.1) is 5.82 Å². The summed E-state index contributed by atoms with van der Waals surface area (Å²) in [5.41, 5.74) is 3.22. The molecule has 5 nitrogen and oxygen atoms in total. The van der Waals surface area contributed by atoms with E-state index < -0.39 is 0 Å². The molecule has 2 N–H and O–H groups in total. The van der Waals surface area contributed by atoms with Gasteiger partial charge in [-0.05, 0) is 43.2 Å². The third-order valence-electron chi connectivity index (χ3n) is 4.54. The number of anilines is 1. The van der Waals surface area contributed by atoms with Gasteiger partial charge >= 0.3 is 0 Å². The fourth-order valence-electron chi connectivity index (χ4n) is 3.19. The van der Waals surface area contributed by atoms with Gasteiger partial charge in [0.2, 0.25) is 0 Å². The van der Waals surface area contributed by atoms with Crippen LogP contribution in [-0.4, -0.2) is 39.5 Å². The summed E-state index contributed by atoms with van der Waals surface area (Å²) in [5, 5.41) is 17.1. The summed E-state index contributed by atoms with van der Waals surface area (Å²) in [5.74, 6) is 0.597. The molecule has 3 aromatic rings. The summed E-state index contributed by atoms with van der Waals surface area (Å²) >= 11 is 0. The van der Waals surface area contributed by atoms with Gasteiger partial charge in [-0.25, -0.2) is 9.37 Å². The molecule has 0 saturated carbocycles. The summed E-state index contributed by atoms with van der Waals surface area (Å²) in [6, 6.07) is 12.2. The van der Waals surface area contributed by atoms with Crippen LogP contribution >= 0.6 is 0 Å². The zero-order valence-electron chi connectivity index (χ0n) is 13.7. The lowest BCUT2D eigenvalue weighted by atomic mass is 10.1. The molecule has 0 unspecified atom stereocenters. The molecule has 0 radical (unpaired) electrons. The molecule has 4 rings (SSSR count). The standard InChI is InChI=1S/C19H19FN4O/c20-14-4-1-3-13(11-14)17-12-18(23-22-17)16-5-2-8-21-19(16)24-9-6-15(25)7-10-24/h1-5,8,11-12,15,25H,6-7,9-10H2,(H,22,23). The largest absolute Gasteiger partial charge is 0.393 e. The molecule has 6 heteroatoms. The van der Waals surface area contributed by atoms with Crippen molar-refractivity contribution in [2.45, 2.75) is 18.9 Å². The number of piperidine rings is 1. The SMILES string of the molecule is OC1CCN(c2ncccc2-c2cc(-c3cccc(F)c3)n[nH]2)CC1. The van der Waals surface area contributed by atoms with E-state index in [0.717, 1.165) is 48.6 Å². The van der Waals surface area contributed by atoms with E-state index in [1.165, 1.54) is 12.1 Å². The van der Waals surface area contributed by atoms with Gasteiger partial charge in [0.05, 0.1) is 17.5 Å². The number of pyridine rings is 1. The van der Waals surface area contributed by atoms with Crippen molar-refractivity contribution < 1.29 is 9.50 Å². The molecule has 1 aliphatic heterocycles. The Hall–Kier alpha value is -2.73. The number of H-pyrrole nitrogens is 1. The van der Waals surface area contributed by atoms with E-state index in [1.54, 1.807) is 12.3 Å². The molecule has 0 spiro atoms. The molecule has 0 aliphatic carbocycles. The Morgan fingerprint density at radius 2 is 1.96 bits per heavy atom. The van der Waals surface area contributed by atoms with Crippen molar-refractivity contribution in [2.75, 3.05) is 18.0 Å². The van der Waals surface area contributed by atoms with Crippen LogP contribution in [0.2, 0.25) is 0 Å². The van der Waals surface area contributed by atoms with E-state index >= 15 is 0 Å². The Kier molecular flexibility index (Phi) is 4.19. The highest BCUT2D eigenvalue weighted by atomic mass is 19.1. The first-order chi connectivity index (χ1) is 12.2. The predicted octanol–water partition coefficient (Wildman–Crippen LogP) is 3.24. The smallest absolute Gasteiger partial charge is 0.137 e. The highest BCUT2D eigenvalue weighted by molar-refractivity contribution is 5.76. The van der Waals surface area contributed by atoms with Gasteiger partial charge < -0.3 is 10.0 Å². The second-order valence-electron chi connectivity index (χ2n) is 6.27. The predicted molar refractivity (Wildman–Crippen MR) is 94.7 cm³/mol. The van der Waals surface area contributed by atoms with Gasteiger partial charge in [-0.2, -0.15) is 5.10 Å². The van der Waals surface area contributed by atoms with E-state index in [4.69, 9.17) is 0 Å². The molecule has 3 heterocycles. The lowest BCUT2D eigenvalue weighted by Crippen LogP contribution is -2.36. The highest BCUT2D eigenvalue weighted by Crippen LogP contribution is 2.31. The number of aliphatic hydroxyl groups excluding tert-OH is 1. The maximum Gasteiger partial charge on any atom is 0.137 e. The molecule has 1 saturated heterocycles. The zero-order chi connectivity index (χ0) is 17.2. The number of aromatic amines is 1. The molecule has 128 valence electrons. The third kappa shape index (κ3) is 3.25. The summed E-state index contributed by atoms with van der Waals surface area (Å²) < 4.78 is 13.4. The van der Waals surface area contributed by atoms with E-state index in [1.807, 2.05) is 24.3 Å². The number of nitrogens with one attached hydrogen (secondary N) is 1. The molecular formula is C19H19FN4O. The van der Waals surface area contributed by atoms with Crippen LogP contribution in [0.1, 0.15) is 12.8 Å². The summed E-state index contributed by atoms with van der Waals surface area (Å²) in [7, 11) is 0. The monoisotopic (exact) mass is 338 g/mol. The number of aliphatic hydroxyl groups is 1. The minimum atomic E-state index is -0.281. The first-order valence-corrected chi connectivity index (χ1v) is 8.40. The average Bonchev–Trinajstić information content (AvgIpc) is 3.12. The van der Waals surface area contributed by atoms with E-state index in [2.05, 4.69) is 20.1 Å². The molecule has 0 amide bonds. The average molecular weight is 338 g/mol. The van der Waals surface area contributed by atoms with E-state index in [-0.39, 0.29) is 11.9 Å². The van der Waals surface area contributed by atoms with Crippen LogP contribution < -0.4 is 4.90 Å². The van der Waals surface area contributed by atoms with Crippen LogP contribution in [0.15, 0.2) is 48.7 Å². The topological polar surface area (TPSA) is 65.0 Å². The second kappa shape index (κ2) is 6.64. The normalized spacial score (nSPS) is 15.5. The van der Waals surface area contributed by atoms with Crippen molar-refractivity contribution in [1.29, 1.82) is 0 Å². The summed E-state index contributed by atoms with van der Waals surface area (Å²) in [6.45, 7) is 1.55. The van der Waals surface area contributed by atoms with E-state index in [9.17, 15) is 9.50 Å². The number of nitrogens with zero attached hydrogens (tertiary/aromatic N) is 3. The second-order valence-corrected chi connectivity index (χ2v) is 6.27. The van der Waals surface area contributed by atoms with Crippen molar-refractivity contribution in [2.24, 2.45) is 0 Å². The van der Waals surface area contributed by atoms with Crippen molar-refractivity contribution >= 4 is 5.82 Å². The Labute approximate surface area is 145 Å². The third-order valence-corrected chi connectivity index (χ3v) is 4.54. The zero-order valence-corrected chi connectivity index (χ0v) is 13.7. The van der Waals surface area contributed by atoms with Gasteiger partial charge in [0.25, 0.3) is 0 Å². The molecule has 1 fully saturated rings. The molecule has 2 aromatic heterocycles. The quantitative estimate of drug-likeness (QED) is 0.769. The lowest BCUT2D eigenvalue weighted by Gasteiger charge is -2.31. The van der Waals surface area contributed by atoms with Gasteiger partial charge in [-0.15, -0.1) is 0 Å². The van der Waals surface area contributed by atoms with Crippen LogP contribution in [0.4, 0.5) is 10.2 Å². The summed E-state index contributed by atoms with van der Waals surface area (Å²) in [6.07, 6.45) is 3.03. The van der Waals surface area contributed by atoms with Crippen LogP contribution in [0.25, 0.3) is 22.5 Å². The van der Waals surface area contributed by atoms with Crippen LogP contribution in [0.3, 0.4) is 0 Å². The molecule has 0 bridgehead atoms. The van der Waals surface area contributed by atoms with Crippen LogP contribution in [-0.2, 0) is 0 Å². The highest BCUT2D eigenvalue weighted by Gasteiger charge is 2.21. The first-order valence-electron chi connectivity index (χ1n) is 8.40. The Morgan fingerprint density at radius 3 is 2.76 bits per heavy atom. The molecule has 25 heavy (non-hydrogen) atoms. The van der Waals surface area contributed by atoms with Gasteiger partial charge in [-0.1, -0.05) is 12.1 Å². The Balaban J connectivity index is 1.67. The fourth-order valence-corrected chi connectivity index (χ4v) is 3.19. The van der Waals surface area contributed by atoms with Crippen molar-refractivity contribution in [3.05, 3.63) is 54.5 Å². The lowest BCUT2D eigenvalue weighted by molar-refractivity contribution is 0.145. The number of aromatic nitrogens is 3. The van der Waals surface area contributed by atoms with Gasteiger partial charge in [0, 0.05) is 30.4 Å². The molecule has 1 aliphatic rings. The molecular weight excluding hydrogens is 319 g/mol. The maximum atomic E-state index is 13.4. The van der Waals surface area contributed by atoms with E-state index in [0.29, 0.717) is 5.69 Å². The number of benzene rings is 1. The van der Waals surface area contributed by atoms with Gasteiger partial charge in [0.1, 0.15) is 11.6 Å². The molecule has 1 aromatic carbocycles. The molecule has 0 atom stereocenters. The Bertz CT molecular complexity index is 871. The van der Waals surface area contributed by atoms with Gasteiger partial charge in [0.15, 0.2) is 0 Å². The van der Waals surface area contributed by atoms with Crippen molar-refractivity contribution in [3.8, 4) is 22.5 Å². The number of rotatable bonds is 3. The number of hydrogen-bond acceptors (Lipinski definition) is 4. The number of halogens is 1. The van der Waals surface area contributed by atoms with Crippen molar-refractivity contribution in [1.82, 2.24) is 15.2 Å². The minimum absolute atomic E-state index is 0.227. The first kappa shape index (κ1) is 15.8. The fraction of sp³-hybridized carbons (Fsp3) is 0.263. The summed E-state index contributed by atoms with van der Waals surface area (Å²) in [4.78, 5) is 6.72.